The van der Waals surface area contributed by atoms with Gasteiger partial charge in [-0.3, -0.25) is 9.59 Å². The second-order valence-corrected chi connectivity index (χ2v) is 4.00. The molecule has 1 rings (SSSR count). The molecule has 0 aromatic carbocycles. The molecule has 1 saturated heterocycles. The molecule has 66 valence electrons. The Kier molecular flexibility index (Phi) is 4.95. The average Bonchev–Trinajstić information content (AvgIpc) is 2.08. The molecule has 0 spiro atoms. The molecular formula is C5H5NO3S3. The molecule has 1 aliphatic heterocycles. The summed E-state index contributed by atoms with van der Waals surface area (Å²) in [7, 11) is 0. The molecule has 7 heteroatoms. The van der Waals surface area contributed by atoms with Crippen LogP contribution in [0.5, 0.6) is 0 Å². The van der Waals surface area contributed by atoms with Crippen LogP contribution in [-0.4, -0.2) is 25.5 Å². The number of hydrogen-bond acceptors (Lipinski definition) is 5. The van der Waals surface area contributed by atoms with Crippen molar-refractivity contribution < 1.29 is 14.7 Å². The van der Waals surface area contributed by atoms with E-state index in [-0.39, 0.29) is 5.91 Å². The van der Waals surface area contributed by atoms with Gasteiger partial charge in [-0.2, -0.15) is 0 Å². The lowest BCUT2D eigenvalue weighted by Gasteiger charge is -1.80. The average molecular weight is 223 g/mol. The number of aliphatic carboxylic acids is 1. The summed E-state index contributed by atoms with van der Waals surface area (Å²) in [6, 6.07) is 0. The molecule has 1 aliphatic rings. The van der Waals surface area contributed by atoms with E-state index in [1.165, 1.54) is 0 Å². The minimum Gasteiger partial charge on any atom is -0.481 e. The van der Waals surface area contributed by atoms with E-state index in [0.29, 0.717) is 8.52 Å². The van der Waals surface area contributed by atoms with Gasteiger partial charge < -0.3 is 10.4 Å². The minimum absolute atomic E-state index is 0.241. The Balaban J connectivity index is 0.000000261. The lowest BCUT2D eigenvalue weighted by atomic mass is 10.7. The smallest absolute Gasteiger partial charge is 0.300 e. The highest BCUT2D eigenvalue weighted by molar-refractivity contribution is 8.40. The van der Waals surface area contributed by atoms with Crippen molar-refractivity contribution in [2.75, 3.05) is 0 Å². The number of carbonyl (C=O) groups is 2. The van der Waals surface area contributed by atoms with Crippen LogP contribution in [-0.2, 0) is 9.59 Å². The molecule has 0 saturated carbocycles. The number of hydrogen-bond donors (Lipinski definition) is 2. The third-order valence-corrected chi connectivity index (χ3v) is 2.03. The number of carboxylic acid groups (broad SMARTS) is 1. The van der Waals surface area contributed by atoms with E-state index in [0.717, 1.165) is 18.7 Å². The van der Waals surface area contributed by atoms with Gasteiger partial charge in [0.15, 0.2) is 0 Å². The lowest BCUT2D eigenvalue weighted by Crippen LogP contribution is -2.19. The first-order valence-electron chi connectivity index (χ1n) is 2.70. The zero-order valence-electron chi connectivity index (χ0n) is 5.99. The van der Waals surface area contributed by atoms with Crippen LogP contribution < -0.4 is 5.32 Å². The fourth-order valence-electron chi connectivity index (χ4n) is 0.300. The van der Waals surface area contributed by atoms with Crippen LogP contribution in [0.25, 0.3) is 0 Å². The van der Waals surface area contributed by atoms with Gasteiger partial charge in [-0.05, 0) is 11.8 Å². The number of thiocarbonyl (C=S) groups is 2. The maximum absolute atomic E-state index is 10.4. The highest BCUT2D eigenvalue weighted by Gasteiger charge is 2.21. The van der Waals surface area contributed by atoms with Gasteiger partial charge in [-0.1, -0.05) is 24.4 Å². The van der Waals surface area contributed by atoms with Crippen LogP contribution >= 0.6 is 36.2 Å². The van der Waals surface area contributed by atoms with E-state index in [1.807, 2.05) is 0 Å². The topological polar surface area (TPSA) is 66.4 Å². The van der Waals surface area contributed by atoms with E-state index in [1.54, 1.807) is 0 Å². The second kappa shape index (κ2) is 5.18. The Morgan fingerprint density at radius 2 is 2.00 bits per heavy atom. The van der Waals surface area contributed by atoms with E-state index < -0.39 is 5.97 Å². The number of nitrogens with one attached hydrogen (secondary N) is 1. The van der Waals surface area contributed by atoms with Crippen molar-refractivity contribution in [1.29, 1.82) is 0 Å². The first kappa shape index (κ1) is 11.5. The van der Waals surface area contributed by atoms with Gasteiger partial charge in [0, 0.05) is 6.92 Å². The minimum atomic E-state index is -0.833. The van der Waals surface area contributed by atoms with Gasteiger partial charge in [0.2, 0.25) is 0 Å². The van der Waals surface area contributed by atoms with E-state index in [9.17, 15) is 4.79 Å². The van der Waals surface area contributed by atoms with Crippen molar-refractivity contribution in [3.63, 3.8) is 0 Å². The van der Waals surface area contributed by atoms with Crippen LogP contribution in [0, 0.1) is 0 Å². The fraction of sp³-hybridized carbons (Fsp3) is 0.200. The van der Waals surface area contributed by atoms with Crippen molar-refractivity contribution in [2.24, 2.45) is 0 Å². The highest BCUT2D eigenvalue weighted by Crippen LogP contribution is 2.12. The largest absolute Gasteiger partial charge is 0.481 e. The van der Waals surface area contributed by atoms with Gasteiger partial charge in [0.1, 0.15) is 8.52 Å². The fourth-order valence-corrected chi connectivity index (χ4v) is 1.56. The first-order valence-corrected chi connectivity index (χ1v) is 4.33. The molecule has 0 aromatic rings. The second-order valence-electron chi connectivity index (χ2n) is 1.65. The number of amides is 1. The standard InChI is InChI=1S/C3HNOS3.C2H4O2/c5-1-2(6)8-3(7)4-1;1-2(3)4/h(H,4,5,7);1H3,(H,3,4). The van der Waals surface area contributed by atoms with Gasteiger partial charge >= 0.3 is 0 Å². The predicted molar refractivity (Wildman–Crippen MR) is 54.2 cm³/mol. The molecule has 1 amide bonds. The summed E-state index contributed by atoms with van der Waals surface area (Å²) in [5, 5.41) is 9.80. The lowest BCUT2D eigenvalue weighted by molar-refractivity contribution is -0.134. The van der Waals surface area contributed by atoms with Crippen LogP contribution in [0.4, 0.5) is 0 Å². The van der Waals surface area contributed by atoms with Crippen LogP contribution in [0.1, 0.15) is 6.92 Å². The summed E-state index contributed by atoms with van der Waals surface area (Å²) in [5.74, 6) is -1.07. The van der Waals surface area contributed by atoms with Crippen LogP contribution in [0.2, 0.25) is 0 Å². The summed E-state index contributed by atoms with van der Waals surface area (Å²) in [6.45, 7) is 1.08. The van der Waals surface area contributed by atoms with Gasteiger partial charge in [0.25, 0.3) is 11.9 Å². The maximum Gasteiger partial charge on any atom is 0.300 e. The zero-order valence-corrected chi connectivity index (χ0v) is 8.44. The highest BCUT2D eigenvalue weighted by atomic mass is 32.2. The van der Waals surface area contributed by atoms with E-state index >= 15 is 0 Å². The molecule has 1 heterocycles. The van der Waals surface area contributed by atoms with Gasteiger partial charge in [0.05, 0.1) is 0 Å². The predicted octanol–water partition coefficient (Wildman–Crippen LogP) is 0.553. The van der Waals surface area contributed by atoms with Crippen molar-refractivity contribution in [3.05, 3.63) is 0 Å². The van der Waals surface area contributed by atoms with Crippen LogP contribution in [0.3, 0.4) is 0 Å². The van der Waals surface area contributed by atoms with Crippen molar-refractivity contribution in [1.82, 2.24) is 5.32 Å². The molecule has 12 heavy (non-hydrogen) atoms. The first-order chi connectivity index (χ1) is 5.43. The number of carboxylic acids is 1. The van der Waals surface area contributed by atoms with Gasteiger partial charge in [-0.25, -0.2) is 0 Å². The monoisotopic (exact) mass is 223 g/mol. The molecule has 0 bridgehead atoms. The van der Waals surface area contributed by atoms with E-state index in [4.69, 9.17) is 9.90 Å². The molecule has 0 atom stereocenters. The molecule has 1 fully saturated rings. The maximum atomic E-state index is 10.4. The summed E-state index contributed by atoms with van der Waals surface area (Å²) >= 11 is 10.3. The number of carbonyl (C=O) groups excluding carboxylic acids is 1. The number of thioether (sulfide) groups is 1. The van der Waals surface area contributed by atoms with Crippen molar-refractivity contribution >= 4 is 56.6 Å². The molecule has 0 radical (unpaired) electrons. The third-order valence-electron chi connectivity index (χ3n) is 0.586. The Morgan fingerprint density at radius 3 is 2.08 bits per heavy atom. The molecular weight excluding hydrogens is 218 g/mol. The summed E-state index contributed by atoms with van der Waals surface area (Å²) in [6.07, 6.45) is 0. The summed E-state index contributed by atoms with van der Waals surface area (Å²) < 4.78 is 0.773. The quantitative estimate of drug-likeness (QED) is 0.585. The summed E-state index contributed by atoms with van der Waals surface area (Å²) in [4.78, 5) is 19.4. The molecule has 0 aliphatic carbocycles. The molecule has 2 N–H and O–H groups in total. The zero-order chi connectivity index (χ0) is 9.72. The van der Waals surface area contributed by atoms with Crippen LogP contribution in [0.15, 0.2) is 0 Å². The third kappa shape index (κ3) is 5.16. The Morgan fingerprint density at radius 1 is 1.58 bits per heavy atom. The number of rotatable bonds is 0. The Hall–Kier alpha value is -0.530. The Labute approximate surface area is 83.7 Å². The normalized spacial score (nSPS) is 14.9. The molecule has 0 unspecified atom stereocenters. The SMILES string of the molecule is CC(=O)O.O=C1NC(=S)SC1=S. The summed E-state index contributed by atoms with van der Waals surface area (Å²) in [5.41, 5.74) is 0. The van der Waals surface area contributed by atoms with E-state index in [2.05, 4.69) is 29.8 Å². The molecule has 4 nitrogen and oxygen atoms in total. The molecule has 0 aromatic heterocycles. The van der Waals surface area contributed by atoms with Crippen molar-refractivity contribution in [2.45, 2.75) is 6.92 Å². The van der Waals surface area contributed by atoms with Gasteiger partial charge in [-0.15, -0.1) is 0 Å². The Bertz CT molecular complexity index is 228. The van der Waals surface area contributed by atoms with Crippen molar-refractivity contribution in [3.8, 4) is 0 Å².